The molecule has 3 aromatic rings. The van der Waals surface area contributed by atoms with Crippen molar-refractivity contribution < 1.29 is 14.2 Å². The van der Waals surface area contributed by atoms with Crippen LogP contribution < -0.4 is 0 Å². The van der Waals surface area contributed by atoms with Crippen LogP contribution in [0.15, 0.2) is 59.8 Å². The number of rotatable bonds is 9. The van der Waals surface area contributed by atoms with Gasteiger partial charge in [-0.2, -0.15) is 0 Å². The van der Waals surface area contributed by atoms with Gasteiger partial charge in [-0.15, -0.1) is 10.2 Å². The van der Waals surface area contributed by atoms with E-state index in [1.807, 2.05) is 34.9 Å². The Bertz CT molecular complexity index is 827. The van der Waals surface area contributed by atoms with Gasteiger partial charge in [0, 0.05) is 5.75 Å². The van der Waals surface area contributed by atoms with Crippen LogP contribution in [0.5, 0.6) is 0 Å². The molecule has 1 aromatic heterocycles. The van der Waals surface area contributed by atoms with Gasteiger partial charge in [0.2, 0.25) is 0 Å². The van der Waals surface area contributed by atoms with Crippen molar-refractivity contribution in [3.05, 3.63) is 66.0 Å². The fourth-order valence-corrected chi connectivity index (χ4v) is 3.29. The van der Waals surface area contributed by atoms with Gasteiger partial charge in [0.1, 0.15) is 5.82 Å². The van der Waals surface area contributed by atoms with Gasteiger partial charge in [-0.05, 0) is 17.7 Å². The molecule has 0 unspecified atom stereocenters. The predicted molar refractivity (Wildman–Crippen MR) is 99.6 cm³/mol. The molecule has 5 nitrogen and oxygen atoms in total. The topological polar surface area (TPSA) is 60.2 Å². The molecule has 0 aliphatic rings. The van der Waals surface area contributed by atoms with Crippen LogP contribution in [0.1, 0.15) is 5.56 Å². The smallest absolute Gasteiger partial charge is 0.191 e. The fourth-order valence-electron chi connectivity index (χ4n) is 2.50. The molecule has 0 saturated heterocycles. The van der Waals surface area contributed by atoms with Crippen molar-refractivity contribution in [1.82, 2.24) is 14.8 Å². The summed E-state index contributed by atoms with van der Waals surface area (Å²) in [6.45, 7) is 1.37. The van der Waals surface area contributed by atoms with E-state index >= 15 is 0 Å². The van der Waals surface area contributed by atoms with E-state index < -0.39 is 0 Å². The third-order valence-electron chi connectivity index (χ3n) is 3.71. The maximum absolute atomic E-state index is 14.3. The molecule has 7 heteroatoms. The first-order valence-corrected chi connectivity index (χ1v) is 9.31. The molecule has 0 atom stereocenters. The van der Waals surface area contributed by atoms with Gasteiger partial charge in [-0.3, -0.25) is 4.57 Å². The number of aromatic nitrogens is 3. The predicted octanol–water partition coefficient (Wildman–Crippen LogP) is 3.23. The molecule has 136 valence electrons. The zero-order valence-corrected chi connectivity index (χ0v) is 15.0. The standard InChI is InChI=1S/C19H20FN3O2S/c20-17-9-5-4-8-16(17)18-21-22-19(26-13-12-25-11-10-24)23(18)14-15-6-2-1-3-7-15/h1-9,24H,10-14H2. The molecule has 2 aromatic carbocycles. The number of benzene rings is 2. The SMILES string of the molecule is OCCOCCSc1nnc(-c2ccccc2F)n1Cc1ccccc1. The van der Waals surface area contributed by atoms with Crippen LogP contribution in [0.25, 0.3) is 11.4 Å². The lowest BCUT2D eigenvalue weighted by Crippen LogP contribution is -2.06. The number of hydrogen-bond donors (Lipinski definition) is 1. The maximum atomic E-state index is 14.3. The fraction of sp³-hybridized carbons (Fsp3) is 0.263. The molecule has 0 aliphatic heterocycles. The number of aliphatic hydroxyl groups is 1. The number of hydrogen-bond acceptors (Lipinski definition) is 5. The van der Waals surface area contributed by atoms with E-state index in [0.29, 0.717) is 42.1 Å². The van der Waals surface area contributed by atoms with Crippen LogP contribution >= 0.6 is 11.8 Å². The van der Waals surface area contributed by atoms with Gasteiger partial charge in [-0.1, -0.05) is 54.2 Å². The van der Waals surface area contributed by atoms with Gasteiger partial charge in [0.25, 0.3) is 0 Å². The lowest BCUT2D eigenvalue weighted by Gasteiger charge is -2.11. The first-order chi connectivity index (χ1) is 12.8. The second kappa shape index (κ2) is 9.47. The minimum absolute atomic E-state index is 0.00624. The number of ether oxygens (including phenoxy) is 1. The Morgan fingerprint density at radius 2 is 1.77 bits per heavy atom. The number of aliphatic hydroxyl groups excluding tert-OH is 1. The molecule has 0 aliphatic carbocycles. The summed E-state index contributed by atoms with van der Waals surface area (Å²) in [5.41, 5.74) is 1.52. The zero-order chi connectivity index (χ0) is 18.2. The van der Waals surface area contributed by atoms with Crippen LogP contribution in [0.4, 0.5) is 4.39 Å². The minimum atomic E-state index is -0.322. The van der Waals surface area contributed by atoms with Crippen molar-refractivity contribution >= 4 is 11.8 Å². The third-order valence-corrected chi connectivity index (χ3v) is 4.64. The summed E-state index contributed by atoms with van der Waals surface area (Å²) in [6, 6.07) is 16.5. The van der Waals surface area contributed by atoms with Gasteiger partial charge in [0.15, 0.2) is 11.0 Å². The summed E-state index contributed by atoms with van der Waals surface area (Å²) < 4.78 is 21.5. The van der Waals surface area contributed by atoms with Crippen molar-refractivity contribution in [3.8, 4) is 11.4 Å². The lowest BCUT2D eigenvalue weighted by atomic mass is 10.2. The molecule has 1 heterocycles. The Labute approximate surface area is 155 Å². The Morgan fingerprint density at radius 1 is 1.00 bits per heavy atom. The molecule has 0 spiro atoms. The van der Waals surface area contributed by atoms with Gasteiger partial charge >= 0.3 is 0 Å². The van der Waals surface area contributed by atoms with E-state index in [-0.39, 0.29) is 12.4 Å². The van der Waals surface area contributed by atoms with Crippen LogP contribution in [0.3, 0.4) is 0 Å². The highest BCUT2D eigenvalue weighted by molar-refractivity contribution is 7.99. The molecule has 0 bridgehead atoms. The van der Waals surface area contributed by atoms with E-state index in [9.17, 15) is 4.39 Å². The highest BCUT2D eigenvalue weighted by Gasteiger charge is 2.17. The second-order valence-electron chi connectivity index (χ2n) is 5.54. The average Bonchev–Trinajstić information content (AvgIpc) is 3.05. The Kier molecular flexibility index (Phi) is 6.76. The molecule has 0 saturated carbocycles. The third kappa shape index (κ3) is 4.69. The Morgan fingerprint density at radius 3 is 2.54 bits per heavy atom. The molecular formula is C19H20FN3O2S. The van der Waals surface area contributed by atoms with Crippen molar-refractivity contribution in [3.63, 3.8) is 0 Å². The Hall–Kier alpha value is -2.22. The van der Waals surface area contributed by atoms with Gasteiger partial charge < -0.3 is 9.84 Å². The second-order valence-corrected chi connectivity index (χ2v) is 6.60. The number of nitrogens with zero attached hydrogens (tertiary/aromatic N) is 3. The molecule has 0 fully saturated rings. The van der Waals surface area contributed by atoms with Crippen molar-refractivity contribution in [2.24, 2.45) is 0 Å². The van der Waals surface area contributed by atoms with Crippen LogP contribution in [0, 0.1) is 5.82 Å². The van der Waals surface area contributed by atoms with Crippen LogP contribution in [0.2, 0.25) is 0 Å². The van der Waals surface area contributed by atoms with Crippen molar-refractivity contribution in [2.45, 2.75) is 11.7 Å². The zero-order valence-electron chi connectivity index (χ0n) is 14.2. The summed E-state index contributed by atoms with van der Waals surface area (Å²) in [6.07, 6.45) is 0. The van der Waals surface area contributed by atoms with E-state index in [1.54, 1.807) is 18.2 Å². The normalized spacial score (nSPS) is 11.0. The quantitative estimate of drug-likeness (QED) is 0.461. The molecule has 1 N–H and O–H groups in total. The van der Waals surface area contributed by atoms with E-state index in [1.165, 1.54) is 17.8 Å². The molecule has 0 radical (unpaired) electrons. The summed E-state index contributed by atoms with van der Waals surface area (Å²) in [5.74, 6) is 0.854. The Balaban J connectivity index is 1.86. The maximum Gasteiger partial charge on any atom is 0.191 e. The summed E-state index contributed by atoms with van der Waals surface area (Å²) in [5, 5.41) is 17.9. The molecule has 26 heavy (non-hydrogen) atoms. The minimum Gasteiger partial charge on any atom is -0.394 e. The summed E-state index contributed by atoms with van der Waals surface area (Å²) >= 11 is 1.50. The largest absolute Gasteiger partial charge is 0.394 e. The van der Waals surface area contributed by atoms with Crippen LogP contribution in [-0.4, -0.2) is 45.4 Å². The number of halogens is 1. The van der Waals surface area contributed by atoms with Crippen molar-refractivity contribution in [1.29, 1.82) is 0 Å². The van der Waals surface area contributed by atoms with Crippen LogP contribution in [-0.2, 0) is 11.3 Å². The molecular weight excluding hydrogens is 353 g/mol. The van der Waals surface area contributed by atoms with E-state index in [0.717, 1.165) is 5.56 Å². The van der Waals surface area contributed by atoms with Gasteiger partial charge in [-0.25, -0.2) is 4.39 Å². The lowest BCUT2D eigenvalue weighted by molar-refractivity contribution is 0.103. The average molecular weight is 373 g/mol. The first-order valence-electron chi connectivity index (χ1n) is 8.33. The first kappa shape index (κ1) is 18.6. The highest BCUT2D eigenvalue weighted by Crippen LogP contribution is 2.26. The van der Waals surface area contributed by atoms with Gasteiger partial charge in [0.05, 0.1) is 31.9 Å². The number of thioether (sulfide) groups is 1. The van der Waals surface area contributed by atoms with E-state index in [2.05, 4.69) is 10.2 Å². The van der Waals surface area contributed by atoms with E-state index in [4.69, 9.17) is 9.84 Å². The molecule has 0 amide bonds. The summed E-state index contributed by atoms with van der Waals surface area (Å²) in [4.78, 5) is 0. The highest BCUT2D eigenvalue weighted by atomic mass is 32.2. The van der Waals surface area contributed by atoms with Crippen molar-refractivity contribution in [2.75, 3.05) is 25.6 Å². The molecule has 3 rings (SSSR count). The monoisotopic (exact) mass is 373 g/mol. The summed E-state index contributed by atoms with van der Waals surface area (Å²) in [7, 11) is 0.